The van der Waals surface area contributed by atoms with Gasteiger partial charge < -0.3 is 15.2 Å². The monoisotopic (exact) mass is 437 g/mol. The van der Waals surface area contributed by atoms with Crippen molar-refractivity contribution in [1.82, 2.24) is 4.98 Å². The highest BCUT2D eigenvalue weighted by atomic mass is 79.9. The Labute approximate surface area is 172 Å². The van der Waals surface area contributed by atoms with Gasteiger partial charge in [0, 0.05) is 26.9 Å². The van der Waals surface area contributed by atoms with Crippen molar-refractivity contribution in [2.45, 2.75) is 13.8 Å². The van der Waals surface area contributed by atoms with Crippen LogP contribution >= 0.6 is 15.9 Å². The Balaban J connectivity index is 2.40. The lowest BCUT2D eigenvalue weighted by Crippen LogP contribution is -2.04. The number of pyridine rings is 1. The van der Waals surface area contributed by atoms with Gasteiger partial charge in [-0.25, -0.2) is 4.98 Å². The van der Waals surface area contributed by atoms with E-state index in [0.29, 0.717) is 23.5 Å². The van der Waals surface area contributed by atoms with Gasteiger partial charge in [0.25, 0.3) is 0 Å². The summed E-state index contributed by atoms with van der Waals surface area (Å²) in [7, 11) is 1.63. The van der Waals surface area contributed by atoms with Crippen LogP contribution in [0.15, 0.2) is 46.9 Å². The molecule has 0 spiro atoms. The van der Waals surface area contributed by atoms with Crippen molar-refractivity contribution in [3.63, 3.8) is 0 Å². The molecule has 28 heavy (non-hydrogen) atoms. The fourth-order valence-corrected chi connectivity index (χ4v) is 3.56. The lowest BCUT2D eigenvalue weighted by Gasteiger charge is -2.19. The van der Waals surface area contributed by atoms with Crippen LogP contribution in [0.3, 0.4) is 0 Å². The average molecular weight is 438 g/mol. The van der Waals surface area contributed by atoms with E-state index in [0.717, 1.165) is 32.6 Å². The smallest absolute Gasteiger partial charge is 0.142 e. The van der Waals surface area contributed by atoms with Gasteiger partial charge in [-0.15, -0.1) is 0 Å². The molecule has 0 saturated heterocycles. The predicted molar refractivity (Wildman–Crippen MR) is 114 cm³/mol. The molecule has 0 atom stereocenters. The van der Waals surface area contributed by atoms with Crippen LogP contribution in [-0.4, -0.2) is 18.7 Å². The lowest BCUT2D eigenvalue weighted by atomic mass is 9.89. The first kappa shape index (κ1) is 19.7. The molecule has 5 nitrogen and oxygen atoms in total. The molecule has 2 aromatic carbocycles. The van der Waals surface area contributed by atoms with E-state index in [1.54, 1.807) is 7.11 Å². The fourth-order valence-electron chi connectivity index (χ4n) is 3.20. The zero-order valence-corrected chi connectivity index (χ0v) is 17.5. The van der Waals surface area contributed by atoms with Crippen molar-refractivity contribution in [2.24, 2.45) is 0 Å². The maximum absolute atomic E-state index is 9.85. The Kier molecular flexibility index (Phi) is 5.86. The highest BCUT2D eigenvalue weighted by Crippen LogP contribution is 2.43. The summed E-state index contributed by atoms with van der Waals surface area (Å²) >= 11 is 3.53. The quantitative estimate of drug-likeness (QED) is 0.581. The van der Waals surface area contributed by atoms with Crippen LogP contribution in [0, 0.1) is 18.3 Å². The number of aromatic nitrogens is 1. The Morgan fingerprint density at radius 3 is 2.46 bits per heavy atom. The van der Waals surface area contributed by atoms with E-state index in [-0.39, 0.29) is 5.82 Å². The standard InChI is InChI=1S/C22H20BrN3O2/c1-4-28-19-10-7-15(23)11-17(19)21-18(12-24)22(25)26-13(2)20(21)14-5-8-16(27-3)9-6-14/h5-11H,4H2,1-3H3,(H2,25,26). The molecule has 0 aliphatic heterocycles. The van der Waals surface area contributed by atoms with Gasteiger partial charge in [-0.2, -0.15) is 5.26 Å². The molecule has 0 unspecified atom stereocenters. The molecule has 142 valence electrons. The minimum Gasteiger partial charge on any atom is -0.497 e. The van der Waals surface area contributed by atoms with Crippen molar-refractivity contribution in [1.29, 1.82) is 5.26 Å². The molecule has 0 fully saturated rings. The average Bonchev–Trinajstić information content (AvgIpc) is 2.69. The number of anilines is 1. The first-order chi connectivity index (χ1) is 13.5. The van der Waals surface area contributed by atoms with Gasteiger partial charge in [0.05, 0.1) is 13.7 Å². The summed E-state index contributed by atoms with van der Waals surface area (Å²) in [4.78, 5) is 4.42. The SMILES string of the molecule is CCOc1ccc(Br)cc1-c1c(C#N)c(N)nc(C)c1-c1ccc(OC)cc1. The van der Waals surface area contributed by atoms with Crippen LogP contribution in [0.2, 0.25) is 0 Å². The fraction of sp³-hybridized carbons (Fsp3) is 0.182. The molecule has 2 N–H and O–H groups in total. The normalized spacial score (nSPS) is 10.4. The molecule has 3 aromatic rings. The number of methoxy groups -OCH3 is 1. The van der Waals surface area contributed by atoms with E-state index in [4.69, 9.17) is 15.2 Å². The number of nitrogens with two attached hydrogens (primary N) is 1. The van der Waals surface area contributed by atoms with Crippen LogP contribution in [0.4, 0.5) is 5.82 Å². The van der Waals surface area contributed by atoms with E-state index >= 15 is 0 Å². The van der Waals surface area contributed by atoms with Gasteiger partial charge in [0.2, 0.25) is 0 Å². The molecular formula is C22H20BrN3O2. The maximum atomic E-state index is 9.85. The number of hydrogen-bond donors (Lipinski definition) is 1. The Hall–Kier alpha value is -3.04. The summed E-state index contributed by atoms with van der Waals surface area (Å²) in [5.41, 5.74) is 10.4. The summed E-state index contributed by atoms with van der Waals surface area (Å²) in [6.45, 7) is 4.32. The largest absolute Gasteiger partial charge is 0.497 e. The van der Waals surface area contributed by atoms with Crippen LogP contribution < -0.4 is 15.2 Å². The van der Waals surface area contributed by atoms with Gasteiger partial charge in [0.15, 0.2) is 0 Å². The Bertz CT molecular complexity index is 1060. The molecule has 1 heterocycles. The molecule has 0 bridgehead atoms. The number of aryl methyl sites for hydroxylation is 1. The predicted octanol–water partition coefficient (Wildman–Crippen LogP) is 5.35. The third-order valence-corrected chi connectivity index (χ3v) is 4.90. The van der Waals surface area contributed by atoms with E-state index in [9.17, 15) is 5.26 Å². The van der Waals surface area contributed by atoms with Gasteiger partial charge in [-0.1, -0.05) is 28.1 Å². The van der Waals surface area contributed by atoms with E-state index in [1.807, 2.05) is 56.3 Å². The number of halogens is 1. The summed E-state index contributed by atoms with van der Waals surface area (Å²) in [5.74, 6) is 1.64. The first-order valence-corrected chi connectivity index (χ1v) is 9.56. The molecule has 0 aliphatic rings. The second-order valence-electron chi connectivity index (χ2n) is 6.12. The second kappa shape index (κ2) is 8.32. The van der Waals surface area contributed by atoms with Gasteiger partial charge in [-0.05, 0) is 49.7 Å². The molecule has 0 amide bonds. The van der Waals surface area contributed by atoms with Crippen molar-refractivity contribution in [2.75, 3.05) is 19.5 Å². The van der Waals surface area contributed by atoms with E-state index < -0.39 is 0 Å². The van der Waals surface area contributed by atoms with Crippen molar-refractivity contribution in [3.8, 4) is 39.8 Å². The summed E-state index contributed by atoms with van der Waals surface area (Å²) in [5, 5.41) is 9.85. The number of nitrogen functional groups attached to an aromatic ring is 1. The van der Waals surface area contributed by atoms with Crippen LogP contribution in [0.1, 0.15) is 18.2 Å². The van der Waals surface area contributed by atoms with Crippen LogP contribution in [0.25, 0.3) is 22.3 Å². The molecule has 0 saturated carbocycles. The van der Waals surface area contributed by atoms with Crippen molar-refractivity contribution >= 4 is 21.7 Å². The number of nitrogens with zero attached hydrogens (tertiary/aromatic N) is 2. The van der Waals surface area contributed by atoms with Gasteiger partial charge in [0.1, 0.15) is 28.9 Å². The lowest BCUT2D eigenvalue weighted by molar-refractivity contribution is 0.341. The molecule has 1 aromatic heterocycles. The number of nitriles is 1. The van der Waals surface area contributed by atoms with Gasteiger partial charge >= 0.3 is 0 Å². The van der Waals surface area contributed by atoms with Crippen molar-refractivity contribution in [3.05, 3.63) is 58.2 Å². The minimum atomic E-state index is 0.203. The van der Waals surface area contributed by atoms with Gasteiger partial charge in [-0.3, -0.25) is 0 Å². The first-order valence-electron chi connectivity index (χ1n) is 8.77. The summed E-state index contributed by atoms with van der Waals surface area (Å²) < 4.78 is 12.0. The highest BCUT2D eigenvalue weighted by Gasteiger charge is 2.22. The molecule has 0 aliphatic carbocycles. The Morgan fingerprint density at radius 1 is 1.14 bits per heavy atom. The Morgan fingerprint density at radius 2 is 1.86 bits per heavy atom. The molecular weight excluding hydrogens is 418 g/mol. The number of benzene rings is 2. The zero-order valence-electron chi connectivity index (χ0n) is 15.9. The highest BCUT2D eigenvalue weighted by molar-refractivity contribution is 9.10. The van der Waals surface area contributed by atoms with Crippen LogP contribution in [-0.2, 0) is 0 Å². The summed E-state index contributed by atoms with van der Waals surface area (Å²) in [6.07, 6.45) is 0. The third-order valence-electron chi connectivity index (χ3n) is 4.41. The van der Waals surface area contributed by atoms with Crippen LogP contribution in [0.5, 0.6) is 11.5 Å². The molecule has 3 rings (SSSR count). The number of hydrogen-bond acceptors (Lipinski definition) is 5. The second-order valence-corrected chi connectivity index (χ2v) is 7.04. The number of rotatable bonds is 5. The molecule has 0 radical (unpaired) electrons. The topological polar surface area (TPSA) is 81.2 Å². The zero-order chi connectivity index (χ0) is 20.3. The van der Waals surface area contributed by atoms with Crippen molar-refractivity contribution < 1.29 is 9.47 Å². The minimum absolute atomic E-state index is 0.203. The third kappa shape index (κ3) is 3.67. The van der Waals surface area contributed by atoms with E-state index in [2.05, 4.69) is 27.0 Å². The van der Waals surface area contributed by atoms with E-state index in [1.165, 1.54) is 0 Å². The summed E-state index contributed by atoms with van der Waals surface area (Å²) in [6, 6.07) is 15.6. The maximum Gasteiger partial charge on any atom is 0.142 e. The number of ether oxygens (including phenoxy) is 2. The molecule has 6 heteroatoms.